The third-order valence-corrected chi connectivity index (χ3v) is 4.94. The molecular formula is C12H21ClO. The van der Waals surface area contributed by atoms with Gasteiger partial charge in [-0.05, 0) is 30.1 Å². The Morgan fingerprint density at radius 2 is 1.86 bits per heavy atom. The predicted molar refractivity (Wildman–Crippen MR) is 59.4 cm³/mol. The van der Waals surface area contributed by atoms with Crippen molar-refractivity contribution < 1.29 is 5.11 Å². The molecule has 0 aromatic heterocycles. The first-order valence-electron chi connectivity index (χ1n) is 5.93. The van der Waals surface area contributed by atoms with E-state index in [1.165, 1.54) is 25.7 Å². The lowest BCUT2D eigenvalue weighted by Crippen LogP contribution is -2.47. The van der Waals surface area contributed by atoms with E-state index in [-0.39, 0.29) is 11.5 Å². The maximum absolute atomic E-state index is 9.97. The first-order chi connectivity index (χ1) is 6.61. The van der Waals surface area contributed by atoms with Crippen molar-refractivity contribution in [3.05, 3.63) is 0 Å². The highest BCUT2D eigenvalue weighted by Crippen LogP contribution is 2.47. The molecule has 2 saturated carbocycles. The number of rotatable bonds is 0. The summed E-state index contributed by atoms with van der Waals surface area (Å²) in [5, 5.41) is 9.97. The summed E-state index contributed by atoms with van der Waals surface area (Å²) in [6, 6.07) is 0. The summed E-state index contributed by atoms with van der Waals surface area (Å²) in [4.78, 5) is 0. The Hall–Kier alpha value is 0.250. The Morgan fingerprint density at radius 3 is 2.57 bits per heavy atom. The van der Waals surface area contributed by atoms with Gasteiger partial charge in [-0.2, -0.15) is 0 Å². The fraction of sp³-hybridized carbons (Fsp3) is 1.00. The molecule has 2 fully saturated rings. The lowest BCUT2D eigenvalue weighted by Gasteiger charge is -2.47. The zero-order chi connectivity index (χ0) is 10.3. The molecule has 1 nitrogen and oxygen atoms in total. The van der Waals surface area contributed by atoms with Crippen molar-refractivity contribution in [3.63, 3.8) is 0 Å². The average Bonchev–Trinajstić information content (AvgIpc) is 2.14. The van der Waals surface area contributed by atoms with Gasteiger partial charge in [-0.1, -0.05) is 33.1 Å². The fourth-order valence-electron chi connectivity index (χ4n) is 3.56. The average molecular weight is 217 g/mol. The summed E-state index contributed by atoms with van der Waals surface area (Å²) in [5.74, 6) is 2.44. The molecule has 0 spiro atoms. The molecule has 6 atom stereocenters. The molecule has 2 heteroatoms. The molecular weight excluding hydrogens is 196 g/mol. The number of halogens is 1. The molecule has 2 aliphatic rings. The van der Waals surface area contributed by atoms with Gasteiger partial charge in [0.1, 0.15) is 0 Å². The minimum atomic E-state index is -0.279. The van der Waals surface area contributed by atoms with Crippen LogP contribution in [-0.2, 0) is 0 Å². The van der Waals surface area contributed by atoms with Crippen LogP contribution in [0, 0.1) is 23.7 Å². The number of hydrogen-bond donors (Lipinski definition) is 1. The van der Waals surface area contributed by atoms with Crippen LogP contribution in [0.15, 0.2) is 0 Å². The van der Waals surface area contributed by atoms with Gasteiger partial charge < -0.3 is 5.11 Å². The number of aliphatic hydroxyl groups is 1. The van der Waals surface area contributed by atoms with Crippen LogP contribution >= 0.6 is 11.6 Å². The van der Waals surface area contributed by atoms with E-state index in [0.717, 1.165) is 5.92 Å². The van der Waals surface area contributed by atoms with Crippen molar-refractivity contribution in [1.29, 1.82) is 0 Å². The first-order valence-corrected chi connectivity index (χ1v) is 6.37. The van der Waals surface area contributed by atoms with Crippen molar-refractivity contribution in [3.8, 4) is 0 Å². The summed E-state index contributed by atoms with van der Waals surface area (Å²) in [6.45, 7) is 4.43. The summed E-state index contributed by atoms with van der Waals surface area (Å²) < 4.78 is 0. The Morgan fingerprint density at radius 1 is 1.14 bits per heavy atom. The van der Waals surface area contributed by atoms with Gasteiger partial charge >= 0.3 is 0 Å². The second kappa shape index (κ2) is 4.02. The van der Waals surface area contributed by atoms with E-state index in [0.29, 0.717) is 17.8 Å². The highest BCUT2D eigenvalue weighted by Gasteiger charge is 2.44. The molecule has 6 unspecified atom stereocenters. The van der Waals surface area contributed by atoms with Gasteiger partial charge in [-0.15, -0.1) is 11.6 Å². The molecule has 0 bridgehead atoms. The lowest BCUT2D eigenvalue weighted by molar-refractivity contribution is -0.00797. The number of aliphatic hydroxyl groups excluding tert-OH is 1. The van der Waals surface area contributed by atoms with E-state index in [9.17, 15) is 5.11 Å². The summed E-state index contributed by atoms with van der Waals surface area (Å²) >= 11 is 6.38. The van der Waals surface area contributed by atoms with Crippen LogP contribution in [0.2, 0.25) is 0 Å². The van der Waals surface area contributed by atoms with Gasteiger partial charge in [-0.25, -0.2) is 0 Å². The molecule has 1 N–H and O–H groups in total. The number of hydrogen-bond acceptors (Lipinski definition) is 1. The van der Waals surface area contributed by atoms with Crippen molar-refractivity contribution in [2.75, 3.05) is 0 Å². The topological polar surface area (TPSA) is 20.2 Å². The quantitative estimate of drug-likeness (QED) is 0.618. The van der Waals surface area contributed by atoms with Gasteiger partial charge in [0.25, 0.3) is 0 Å². The van der Waals surface area contributed by atoms with E-state index in [4.69, 9.17) is 11.6 Å². The molecule has 82 valence electrons. The van der Waals surface area contributed by atoms with Crippen LogP contribution in [0.25, 0.3) is 0 Å². The third kappa shape index (κ3) is 1.69. The van der Waals surface area contributed by atoms with Gasteiger partial charge in [0.05, 0.1) is 11.5 Å². The Balaban J connectivity index is 2.14. The van der Waals surface area contributed by atoms with Crippen molar-refractivity contribution in [2.24, 2.45) is 23.7 Å². The summed E-state index contributed by atoms with van der Waals surface area (Å²) in [6.07, 6.45) is 4.88. The summed E-state index contributed by atoms with van der Waals surface area (Å²) in [7, 11) is 0. The van der Waals surface area contributed by atoms with Crippen molar-refractivity contribution in [2.45, 2.75) is 51.0 Å². The van der Waals surface area contributed by atoms with Crippen LogP contribution in [0.3, 0.4) is 0 Å². The van der Waals surface area contributed by atoms with E-state index < -0.39 is 0 Å². The molecule has 0 heterocycles. The number of alkyl halides is 1. The molecule has 0 amide bonds. The molecule has 2 rings (SSSR count). The Bertz CT molecular complexity index is 204. The van der Waals surface area contributed by atoms with Crippen molar-refractivity contribution in [1.82, 2.24) is 0 Å². The molecule has 0 aromatic carbocycles. The highest BCUT2D eigenvalue weighted by atomic mass is 35.5. The third-order valence-electron chi connectivity index (χ3n) is 4.39. The van der Waals surface area contributed by atoms with E-state index in [2.05, 4.69) is 13.8 Å². The first kappa shape index (κ1) is 10.8. The minimum Gasteiger partial charge on any atom is -0.391 e. The zero-order valence-electron chi connectivity index (χ0n) is 9.12. The molecule has 0 radical (unpaired) electrons. The predicted octanol–water partition coefficient (Wildman–Crippen LogP) is 3.05. The maximum atomic E-state index is 9.97. The van der Waals surface area contributed by atoms with E-state index in [1.54, 1.807) is 0 Å². The van der Waals surface area contributed by atoms with Crippen LogP contribution in [0.4, 0.5) is 0 Å². The SMILES string of the molecule is CC1CC2CCCC(C)C2C(Cl)C1O. The van der Waals surface area contributed by atoms with Crippen LogP contribution in [-0.4, -0.2) is 16.6 Å². The second-order valence-electron chi connectivity index (χ2n) is 5.39. The molecule has 0 aromatic rings. The lowest BCUT2D eigenvalue weighted by atomic mass is 9.63. The zero-order valence-corrected chi connectivity index (χ0v) is 9.87. The Kier molecular flexibility index (Phi) is 3.09. The van der Waals surface area contributed by atoms with Crippen LogP contribution in [0.5, 0.6) is 0 Å². The molecule has 0 saturated heterocycles. The molecule has 14 heavy (non-hydrogen) atoms. The largest absolute Gasteiger partial charge is 0.391 e. The van der Waals surface area contributed by atoms with E-state index in [1.807, 2.05) is 0 Å². The Labute approximate surface area is 91.8 Å². The standard InChI is InChI=1S/C12H21ClO/c1-7-4-3-5-9-6-8(2)12(14)11(13)10(7)9/h7-12,14H,3-6H2,1-2H3. The summed E-state index contributed by atoms with van der Waals surface area (Å²) in [5.41, 5.74) is 0. The molecule has 2 aliphatic carbocycles. The second-order valence-corrected chi connectivity index (χ2v) is 5.90. The number of fused-ring (bicyclic) bond motifs is 1. The monoisotopic (exact) mass is 216 g/mol. The van der Waals surface area contributed by atoms with Gasteiger partial charge in [0.15, 0.2) is 0 Å². The molecule has 0 aliphatic heterocycles. The highest BCUT2D eigenvalue weighted by molar-refractivity contribution is 6.21. The van der Waals surface area contributed by atoms with E-state index >= 15 is 0 Å². The van der Waals surface area contributed by atoms with Crippen LogP contribution in [0.1, 0.15) is 39.5 Å². The maximum Gasteiger partial charge on any atom is 0.0732 e. The fourth-order valence-corrected chi connectivity index (χ4v) is 4.26. The van der Waals surface area contributed by atoms with Gasteiger partial charge in [-0.3, -0.25) is 0 Å². The normalized spacial score (nSPS) is 54.0. The van der Waals surface area contributed by atoms with Gasteiger partial charge in [0, 0.05) is 0 Å². The smallest absolute Gasteiger partial charge is 0.0732 e. The minimum absolute atomic E-state index is 0.000880. The van der Waals surface area contributed by atoms with Crippen molar-refractivity contribution >= 4 is 11.6 Å². The van der Waals surface area contributed by atoms with Crippen LogP contribution < -0.4 is 0 Å². The van der Waals surface area contributed by atoms with Gasteiger partial charge in [0.2, 0.25) is 0 Å².